The Balaban J connectivity index is -0.000000545. The van der Waals surface area contributed by atoms with Gasteiger partial charge in [0.1, 0.15) is 11.4 Å². The first-order valence-electron chi connectivity index (χ1n) is 10.6. The number of Topliss-reactive ketones (excluding diaryl/α,β-unsaturated/α-hetero) is 1. The van der Waals surface area contributed by atoms with Crippen LogP contribution in [0.4, 0.5) is 25.2 Å². The molecular weight excluding hydrogens is 806 g/mol. The molecule has 3 saturated heterocycles. The van der Waals surface area contributed by atoms with E-state index in [1.54, 1.807) is 0 Å². The maximum absolute atomic E-state index is 12.4. The fraction of sp³-hybridized carbons (Fsp3) is 0.500. The van der Waals surface area contributed by atoms with E-state index < -0.39 is 47.4 Å². The van der Waals surface area contributed by atoms with Gasteiger partial charge in [-0.25, -0.2) is 27.4 Å². The van der Waals surface area contributed by atoms with Crippen LogP contribution in [0.15, 0.2) is 23.2 Å². The third kappa shape index (κ3) is 51.7. The minimum atomic E-state index is -5.14. The van der Waals surface area contributed by atoms with Crippen molar-refractivity contribution in [2.75, 3.05) is 39.3 Å². The molecule has 23 nitrogen and oxygen atoms in total. The lowest BCUT2D eigenvalue weighted by Crippen LogP contribution is -2.29. The summed E-state index contributed by atoms with van der Waals surface area (Å²) in [6, 6.07) is 0. The molecule has 3 aliphatic heterocycles. The largest absolute Gasteiger partial charge is 0.507 e. The topological polar surface area (TPSA) is 388 Å². The molecule has 0 saturated carbocycles. The Bertz CT molecular complexity index is 1210. The van der Waals surface area contributed by atoms with E-state index in [4.69, 9.17) is 86.1 Å². The van der Waals surface area contributed by atoms with Crippen molar-refractivity contribution in [3.05, 3.63) is 23.2 Å². The predicted octanol–water partition coefficient (Wildman–Crippen LogP) is -0.528. The fourth-order valence-corrected chi connectivity index (χ4v) is 2.28. The molecule has 0 aromatic carbocycles. The molecule has 4 rings (SSSR count). The van der Waals surface area contributed by atoms with Crippen LogP contribution < -0.4 is 0 Å². The highest BCUT2D eigenvalue weighted by molar-refractivity contribution is 7.46. The summed E-state index contributed by atoms with van der Waals surface area (Å²) in [6.45, 7) is 5.41. The second-order valence-corrected chi connectivity index (χ2v) is 13.4. The van der Waals surface area contributed by atoms with Gasteiger partial charge in [-0.15, -0.1) is 25.2 Å². The van der Waals surface area contributed by atoms with Gasteiger partial charge >= 0.3 is 47.4 Å². The van der Waals surface area contributed by atoms with Crippen LogP contribution in [0.3, 0.4) is 0 Å². The first kappa shape index (κ1) is 50.1. The van der Waals surface area contributed by atoms with E-state index in [0.717, 1.165) is 39.3 Å². The molecule has 0 aromatic heterocycles. The molecule has 280 valence electrons. The molecule has 3 fully saturated rings. The van der Waals surface area contributed by atoms with Gasteiger partial charge in [0.25, 0.3) is 0 Å². The van der Waals surface area contributed by atoms with Crippen molar-refractivity contribution in [2.24, 2.45) is 0 Å². The van der Waals surface area contributed by atoms with Gasteiger partial charge in [0, 0.05) is 45.3 Å². The molecule has 1 aliphatic carbocycles. The highest BCUT2D eigenvalue weighted by Gasteiger charge is 2.43. The SMILES string of the molecule is O=C1C=C(N2CC2)C(=O)C(N2CC2)=C1N1CC1.O=P(O)(O)F.O=P(O)(O)F.O=P(O)(O)F.O=P(O)(O)F.O=P(O)(O)F.O=P(O)(O)F. The minimum absolute atomic E-state index is 0.00546. The molecule has 0 amide bonds. The Hall–Kier alpha value is -1.30. The average molecular weight is 831 g/mol. The van der Waals surface area contributed by atoms with Gasteiger partial charge in [0.05, 0.1) is 5.70 Å². The molecule has 12 N–H and O–H groups in total. The summed E-state index contributed by atoms with van der Waals surface area (Å²) in [5.74, 6) is 0.0485. The van der Waals surface area contributed by atoms with E-state index in [2.05, 4.69) is 0 Å². The Morgan fingerprint density at radius 2 is 0.617 bits per heavy atom. The van der Waals surface area contributed by atoms with Crippen LogP contribution in [0.25, 0.3) is 0 Å². The highest BCUT2D eigenvalue weighted by Crippen LogP contribution is 2.37. The molecule has 0 radical (unpaired) electrons. The van der Waals surface area contributed by atoms with Crippen LogP contribution in [0.5, 0.6) is 0 Å². The molecule has 0 bridgehead atoms. The predicted molar refractivity (Wildman–Crippen MR) is 139 cm³/mol. The van der Waals surface area contributed by atoms with Crippen molar-refractivity contribution in [2.45, 2.75) is 0 Å². The van der Waals surface area contributed by atoms with Gasteiger partial charge < -0.3 is 14.7 Å². The van der Waals surface area contributed by atoms with Crippen LogP contribution >= 0.6 is 47.4 Å². The molecule has 0 spiro atoms. The van der Waals surface area contributed by atoms with E-state index in [-0.39, 0.29) is 11.6 Å². The van der Waals surface area contributed by atoms with E-state index in [9.17, 15) is 34.8 Å². The summed E-state index contributed by atoms with van der Waals surface area (Å²) >= 11 is 0. The maximum atomic E-state index is 12.4. The van der Waals surface area contributed by atoms with E-state index in [0.29, 0.717) is 17.1 Å². The summed E-state index contributed by atoms with van der Waals surface area (Å²) in [7, 11) is -30.8. The van der Waals surface area contributed by atoms with Gasteiger partial charge in [0.2, 0.25) is 11.6 Å². The van der Waals surface area contributed by atoms with Crippen molar-refractivity contribution < 1.29 is 121 Å². The summed E-state index contributed by atoms with van der Waals surface area (Å²) in [4.78, 5) is 114. The van der Waals surface area contributed by atoms with Gasteiger partial charge in [-0.2, -0.15) is 0 Å². The number of rotatable bonds is 3. The minimum Gasteiger partial charge on any atom is -0.365 e. The zero-order chi connectivity index (χ0) is 38.6. The number of hydrogen-bond acceptors (Lipinski definition) is 11. The number of carbonyl (C=O) groups is 2. The summed E-state index contributed by atoms with van der Waals surface area (Å²) < 4.78 is 114. The summed E-state index contributed by atoms with van der Waals surface area (Å²) in [5.41, 5.74) is 1.89. The molecule has 4 aliphatic rings. The van der Waals surface area contributed by atoms with E-state index in [1.165, 1.54) is 6.08 Å². The molecule has 35 heteroatoms. The first-order chi connectivity index (χ1) is 20.3. The highest BCUT2D eigenvalue weighted by atomic mass is 31.2. The number of allylic oxidation sites excluding steroid dienone is 1. The molecule has 47 heavy (non-hydrogen) atoms. The lowest BCUT2D eigenvalue weighted by Gasteiger charge is -2.21. The molecule has 0 aromatic rings. The second-order valence-electron chi connectivity index (χ2n) is 7.72. The fourth-order valence-electron chi connectivity index (χ4n) is 2.28. The van der Waals surface area contributed by atoms with Gasteiger partial charge in [-0.05, 0) is 0 Å². The quantitative estimate of drug-likeness (QED) is 0.0736. The monoisotopic (exact) mass is 831 g/mol. The van der Waals surface area contributed by atoms with Crippen molar-refractivity contribution in [3.8, 4) is 0 Å². The number of ketones is 2. The maximum Gasteiger partial charge on any atom is 0.507 e. The zero-order valence-corrected chi connectivity index (χ0v) is 27.6. The lowest BCUT2D eigenvalue weighted by molar-refractivity contribution is -0.117. The Morgan fingerprint density at radius 1 is 0.426 bits per heavy atom. The Morgan fingerprint density at radius 3 is 0.809 bits per heavy atom. The lowest BCUT2D eigenvalue weighted by atomic mass is 10.0. The molecule has 3 heterocycles. The van der Waals surface area contributed by atoms with Crippen LogP contribution in [-0.2, 0) is 37.0 Å². The first-order valence-corrected chi connectivity index (χ1v) is 19.6. The van der Waals surface area contributed by atoms with Crippen LogP contribution in [0, 0.1) is 0 Å². The molecule has 0 unspecified atom stereocenters. The summed E-state index contributed by atoms with van der Waals surface area (Å²) in [6.07, 6.45) is 1.52. The van der Waals surface area contributed by atoms with Crippen LogP contribution in [0.1, 0.15) is 0 Å². The third-order valence-corrected chi connectivity index (χ3v) is 3.49. The normalized spacial score (nSPS) is 17.1. The average Bonchev–Trinajstić information content (AvgIpc) is 3.54. The van der Waals surface area contributed by atoms with Crippen molar-refractivity contribution in [1.29, 1.82) is 0 Å². The van der Waals surface area contributed by atoms with Crippen LogP contribution in [0.2, 0.25) is 0 Å². The standard InChI is InChI=1S/C12H13N3O2.6FH2O3P/c16-9-7-8(13-1-2-13)12(17)11(15-5-6-15)10(9)14-3-4-14;6*1-5(2,3)4/h7H,1-6H2;6*(H2,2,3,4). The Labute approximate surface area is 257 Å². The van der Waals surface area contributed by atoms with E-state index >= 15 is 0 Å². The Kier molecular flexibility index (Phi) is 21.1. The molecule has 0 atom stereocenters. The number of halogens is 6. The number of carbonyl (C=O) groups excluding carboxylic acids is 2. The smallest absolute Gasteiger partial charge is 0.365 e. The second kappa shape index (κ2) is 19.8. The van der Waals surface area contributed by atoms with Crippen molar-refractivity contribution in [3.63, 3.8) is 0 Å². The number of nitrogens with zero attached hydrogens (tertiary/aromatic N) is 3. The van der Waals surface area contributed by atoms with Crippen molar-refractivity contribution >= 4 is 59.0 Å². The van der Waals surface area contributed by atoms with E-state index in [1.807, 2.05) is 14.7 Å². The number of hydrogen-bond donors (Lipinski definition) is 12. The van der Waals surface area contributed by atoms with Crippen molar-refractivity contribution in [1.82, 2.24) is 14.7 Å². The van der Waals surface area contributed by atoms with Gasteiger partial charge in [-0.1, -0.05) is 0 Å². The third-order valence-electron chi connectivity index (χ3n) is 3.49. The van der Waals surface area contributed by atoms with Gasteiger partial charge in [-0.3, -0.25) is 68.3 Å². The molecular formula is C12H25F6N3O20P6. The van der Waals surface area contributed by atoms with Crippen LogP contribution in [-0.4, -0.2) is 124 Å². The zero-order valence-electron chi connectivity index (χ0n) is 22.2. The summed E-state index contributed by atoms with van der Waals surface area (Å²) in [5, 5.41) is 0. The van der Waals surface area contributed by atoms with Gasteiger partial charge in [0.15, 0.2) is 0 Å².